The number of rotatable bonds is 3. The molecule has 1 aromatic rings. The highest BCUT2D eigenvalue weighted by Gasteiger charge is 2.39. The number of hydrogen-bond donors (Lipinski definition) is 2. The summed E-state index contributed by atoms with van der Waals surface area (Å²) in [5.74, 6) is -0.501. The van der Waals surface area contributed by atoms with Crippen LogP contribution in [0.3, 0.4) is 0 Å². The quantitative estimate of drug-likeness (QED) is 0.834. The standard InChI is InChI=1S/C11H12F4N2O2/c1-17(6-9(18)11(13,14)15)10(19)16-8-4-2-7(12)3-5-8/h2-5,9,18H,6H2,1H3,(H,16,19). The van der Waals surface area contributed by atoms with E-state index in [1.54, 1.807) is 0 Å². The average Bonchev–Trinajstić information content (AvgIpc) is 2.30. The van der Waals surface area contributed by atoms with Crippen LogP contribution in [0.2, 0.25) is 0 Å². The van der Waals surface area contributed by atoms with Crippen molar-refractivity contribution in [3.8, 4) is 0 Å². The first-order valence-electron chi connectivity index (χ1n) is 5.22. The van der Waals surface area contributed by atoms with Crippen LogP contribution >= 0.6 is 0 Å². The highest BCUT2D eigenvalue weighted by Crippen LogP contribution is 2.20. The molecule has 0 bridgehead atoms. The molecule has 0 radical (unpaired) electrons. The molecule has 0 spiro atoms. The maximum Gasteiger partial charge on any atom is 0.416 e. The monoisotopic (exact) mass is 280 g/mol. The van der Waals surface area contributed by atoms with Gasteiger partial charge in [0.25, 0.3) is 0 Å². The fourth-order valence-electron chi connectivity index (χ4n) is 1.20. The second-order valence-corrected chi connectivity index (χ2v) is 3.87. The molecule has 2 amide bonds. The average molecular weight is 280 g/mol. The van der Waals surface area contributed by atoms with Gasteiger partial charge in [-0.3, -0.25) is 0 Å². The van der Waals surface area contributed by atoms with Crippen molar-refractivity contribution in [2.75, 3.05) is 18.9 Å². The molecule has 1 atom stereocenters. The lowest BCUT2D eigenvalue weighted by molar-refractivity contribution is -0.205. The summed E-state index contributed by atoms with van der Waals surface area (Å²) in [6.07, 6.45) is -7.40. The van der Waals surface area contributed by atoms with E-state index in [2.05, 4.69) is 5.32 Å². The summed E-state index contributed by atoms with van der Waals surface area (Å²) in [4.78, 5) is 12.2. The van der Waals surface area contributed by atoms with Crippen molar-refractivity contribution < 1.29 is 27.5 Å². The fourth-order valence-corrected chi connectivity index (χ4v) is 1.20. The molecule has 0 saturated carbocycles. The minimum atomic E-state index is -4.79. The Labute approximate surface area is 106 Å². The third-order valence-corrected chi connectivity index (χ3v) is 2.27. The highest BCUT2D eigenvalue weighted by atomic mass is 19.4. The van der Waals surface area contributed by atoms with Gasteiger partial charge < -0.3 is 15.3 Å². The van der Waals surface area contributed by atoms with Crippen molar-refractivity contribution in [3.05, 3.63) is 30.1 Å². The van der Waals surface area contributed by atoms with E-state index >= 15 is 0 Å². The Bertz CT molecular complexity index is 433. The van der Waals surface area contributed by atoms with E-state index < -0.39 is 30.7 Å². The summed E-state index contributed by atoms with van der Waals surface area (Å²) in [6.45, 7) is -0.892. The summed E-state index contributed by atoms with van der Waals surface area (Å²) >= 11 is 0. The third kappa shape index (κ3) is 4.74. The first-order valence-corrected chi connectivity index (χ1v) is 5.22. The van der Waals surface area contributed by atoms with Crippen LogP contribution in [0.5, 0.6) is 0 Å². The molecular weight excluding hydrogens is 268 g/mol. The number of anilines is 1. The van der Waals surface area contributed by atoms with E-state index in [1.165, 1.54) is 12.1 Å². The van der Waals surface area contributed by atoms with Gasteiger partial charge in [-0.15, -0.1) is 0 Å². The van der Waals surface area contributed by atoms with E-state index in [1.807, 2.05) is 0 Å². The number of urea groups is 1. The van der Waals surface area contributed by atoms with Crippen LogP contribution in [0.4, 0.5) is 28.0 Å². The topological polar surface area (TPSA) is 52.6 Å². The van der Waals surface area contributed by atoms with Gasteiger partial charge in [0.05, 0.1) is 6.54 Å². The zero-order valence-electron chi connectivity index (χ0n) is 9.91. The molecule has 8 heteroatoms. The van der Waals surface area contributed by atoms with Crippen LogP contribution in [0.15, 0.2) is 24.3 Å². The Morgan fingerprint density at radius 3 is 2.37 bits per heavy atom. The number of nitrogens with zero attached hydrogens (tertiary/aromatic N) is 1. The van der Waals surface area contributed by atoms with E-state index in [0.717, 1.165) is 19.2 Å². The molecule has 0 aliphatic rings. The summed E-state index contributed by atoms with van der Waals surface area (Å²) in [5, 5.41) is 11.1. The summed E-state index contributed by atoms with van der Waals surface area (Å²) in [7, 11) is 1.10. The van der Waals surface area contributed by atoms with E-state index in [0.29, 0.717) is 4.90 Å². The molecule has 0 aromatic heterocycles. The highest BCUT2D eigenvalue weighted by molar-refractivity contribution is 5.89. The first-order chi connectivity index (χ1) is 8.70. The summed E-state index contributed by atoms with van der Waals surface area (Å²) < 4.78 is 48.9. The van der Waals surface area contributed by atoms with Gasteiger partial charge in [-0.05, 0) is 24.3 Å². The normalized spacial score (nSPS) is 12.9. The number of carbonyl (C=O) groups excluding carboxylic acids is 1. The third-order valence-electron chi connectivity index (χ3n) is 2.27. The molecule has 0 heterocycles. The molecule has 1 unspecified atom stereocenters. The SMILES string of the molecule is CN(CC(O)C(F)(F)F)C(=O)Nc1ccc(F)cc1. The lowest BCUT2D eigenvalue weighted by Gasteiger charge is -2.22. The molecule has 0 aliphatic heterocycles. The molecule has 1 aromatic carbocycles. The Hall–Kier alpha value is -1.83. The lowest BCUT2D eigenvalue weighted by Crippen LogP contribution is -2.43. The smallest absolute Gasteiger partial charge is 0.382 e. The Morgan fingerprint density at radius 1 is 1.37 bits per heavy atom. The van der Waals surface area contributed by atoms with Gasteiger partial charge in [0.1, 0.15) is 5.82 Å². The molecule has 1 rings (SSSR count). The molecule has 0 aliphatic carbocycles. The number of amides is 2. The second-order valence-electron chi connectivity index (χ2n) is 3.87. The predicted molar refractivity (Wildman–Crippen MR) is 60.1 cm³/mol. The van der Waals surface area contributed by atoms with Gasteiger partial charge in [-0.1, -0.05) is 0 Å². The van der Waals surface area contributed by atoms with Crippen molar-refractivity contribution >= 4 is 11.7 Å². The van der Waals surface area contributed by atoms with E-state index in [4.69, 9.17) is 5.11 Å². The molecule has 2 N–H and O–H groups in total. The van der Waals surface area contributed by atoms with Crippen LogP contribution in [0.25, 0.3) is 0 Å². The van der Waals surface area contributed by atoms with Gasteiger partial charge in [0.2, 0.25) is 0 Å². The number of benzene rings is 1. The first kappa shape index (κ1) is 15.2. The van der Waals surface area contributed by atoms with Crippen molar-refractivity contribution in [1.29, 1.82) is 0 Å². The van der Waals surface area contributed by atoms with Crippen molar-refractivity contribution in [2.45, 2.75) is 12.3 Å². The van der Waals surface area contributed by atoms with Gasteiger partial charge in [0.15, 0.2) is 6.10 Å². The van der Waals surface area contributed by atoms with Crippen LogP contribution in [-0.2, 0) is 0 Å². The van der Waals surface area contributed by atoms with Crippen LogP contribution in [0.1, 0.15) is 0 Å². The molecule has 19 heavy (non-hydrogen) atoms. The zero-order valence-corrected chi connectivity index (χ0v) is 9.91. The molecule has 0 saturated heterocycles. The lowest BCUT2D eigenvalue weighted by atomic mass is 10.3. The molecule has 106 valence electrons. The van der Waals surface area contributed by atoms with Gasteiger partial charge in [-0.25, -0.2) is 9.18 Å². The van der Waals surface area contributed by atoms with Crippen molar-refractivity contribution in [3.63, 3.8) is 0 Å². The predicted octanol–water partition coefficient (Wildman–Crippen LogP) is 2.21. The maximum atomic E-state index is 12.6. The van der Waals surface area contributed by atoms with E-state index in [-0.39, 0.29) is 5.69 Å². The Kier molecular flexibility index (Phi) is 4.71. The van der Waals surface area contributed by atoms with Crippen molar-refractivity contribution in [2.24, 2.45) is 0 Å². The van der Waals surface area contributed by atoms with Gasteiger partial charge >= 0.3 is 12.2 Å². The number of aliphatic hydroxyl groups is 1. The zero-order chi connectivity index (χ0) is 14.6. The maximum absolute atomic E-state index is 12.6. The molecule has 0 fully saturated rings. The van der Waals surface area contributed by atoms with Crippen LogP contribution in [0, 0.1) is 5.82 Å². The second kappa shape index (κ2) is 5.87. The Balaban J connectivity index is 2.56. The number of likely N-dealkylation sites (N-methyl/N-ethyl adjacent to an activating group) is 1. The largest absolute Gasteiger partial charge is 0.416 e. The number of carbonyl (C=O) groups is 1. The summed E-state index contributed by atoms with van der Waals surface area (Å²) in [6, 6.07) is 3.89. The number of nitrogens with one attached hydrogen (secondary N) is 1. The molecular formula is C11H12F4N2O2. The van der Waals surface area contributed by atoms with Crippen molar-refractivity contribution in [1.82, 2.24) is 4.90 Å². The number of halogens is 4. The number of aliphatic hydroxyl groups excluding tert-OH is 1. The fraction of sp³-hybridized carbons (Fsp3) is 0.364. The van der Waals surface area contributed by atoms with E-state index in [9.17, 15) is 22.4 Å². The van der Waals surface area contributed by atoms with Gasteiger partial charge in [0, 0.05) is 12.7 Å². The number of alkyl halides is 3. The van der Waals surface area contributed by atoms with Gasteiger partial charge in [-0.2, -0.15) is 13.2 Å². The molecule has 4 nitrogen and oxygen atoms in total. The Morgan fingerprint density at radius 2 is 1.89 bits per heavy atom. The van der Waals surface area contributed by atoms with Crippen LogP contribution in [-0.4, -0.2) is 41.9 Å². The number of hydrogen-bond acceptors (Lipinski definition) is 2. The summed E-state index contributed by atoms with van der Waals surface area (Å²) in [5.41, 5.74) is 0.236. The minimum Gasteiger partial charge on any atom is -0.382 e. The minimum absolute atomic E-state index is 0.236. The van der Waals surface area contributed by atoms with Crippen LogP contribution < -0.4 is 5.32 Å².